The van der Waals surface area contributed by atoms with Gasteiger partial charge in [-0.05, 0) is 34.4 Å². The zero-order valence-corrected chi connectivity index (χ0v) is 15.6. The molecule has 0 aliphatic rings. The van der Waals surface area contributed by atoms with Crippen molar-refractivity contribution in [2.24, 2.45) is 0 Å². The van der Waals surface area contributed by atoms with Crippen LogP contribution in [0.4, 0.5) is 0 Å². The van der Waals surface area contributed by atoms with Crippen LogP contribution in [0.15, 0.2) is 85.2 Å². The van der Waals surface area contributed by atoms with E-state index in [0.717, 1.165) is 31.9 Å². The lowest BCUT2D eigenvalue weighted by molar-refractivity contribution is 0.305. The highest BCUT2D eigenvalue weighted by Crippen LogP contribution is 2.19. The summed E-state index contributed by atoms with van der Waals surface area (Å²) in [4.78, 5) is 2.33. The van der Waals surface area contributed by atoms with E-state index in [9.17, 15) is 0 Å². The highest BCUT2D eigenvalue weighted by atomic mass is 15.2. The summed E-state index contributed by atoms with van der Waals surface area (Å²) in [5.41, 5.74) is 2.60. The molecule has 0 amide bonds. The van der Waals surface area contributed by atoms with Gasteiger partial charge in [-0.15, -0.1) is 0 Å². The monoisotopic (exact) mass is 344 g/mol. The van der Waals surface area contributed by atoms with Crippen LogP contribution in [0.5, 0.6) is 0 Å². The molecule has 0 saturated carbocycles. The van der Waals surface area contributed by atoms with E-state index in [0.29, 0.717) is 0 Å². The zero-order chi connectivity index (χ0) is 18.2. The maximum absolute atomic E-state index is 4.30. The highest BCUT2D eigenvalue weighted by molar-refractivity contribution is 5.82. The molecule has 0 spiro atoms. The first-order valence-corrected chi connectivity index (χ1v) is 9.45. The van der Waals surface area contributed by atoms with E-state index in [2.05, 4.69) is 96.5 Å². The summed E-state index contributed by atoms with van der Waals surface area (Å²) in [5.74, 6) is 0.996. The van der Waals surface area contributed by atoms with E-state index in [1.807, 2.05) is 0 Å². The molecule has 134 valence electrons. The first-order chi connectivity index (χ1) is 12.8. The van der Waals surface area contributed by atoms with Crippen LogP contribution in [0, 0.1) is 0 Å². The van der Waals surface area contributed by atoms with Crippen molar-refractivity contribution in [2.75, 3.05) is 6.54 Å². The molecule has 1 N–H and O–H groups in total. The molecule has 0 heterocycles. The second kappa shape index (κ2) is 9.10. The number of hydrogen-bond donors (Lipinski definition) is 1. The normalized spacial score (nSPS) is 10.7. The van der Waals surface area contributed by atoms with Gasteiger partial charge in [0.25, 0.3) is 0 Å². The summed E-state index contributed by atoms with van der Waals surface area (Å²) in [6.07, 6.45) is 2.35. The first kappa shape index (κ1) is 18.1. The maximum Gasteiger partial charge on any atom is 0.0944 e. The Labute approximate surface area is 157 Å². The number of hydrogen-bond acceptors (Lipinski definition) is 2. The largest absolute Gasteiger partial charge is 0.372 e. The Bertz CT molecular complexity index is 839. The van der Waals surface area contributed by atoms with Crippen LogP contribution in [-0.4, -0.2) is 11.4 Å². The number of fused-ring (bicyclic) bond motifs is 1. The van der Waals surface area contributed by atoms with E-state index in [1.165, 1.54) is 28.3 Å². The lowest BCUT2D eigenvalue weighted by Gasteiger charge is -2.28. The van der Waals surface area contributed by atoms with E-state index in [-0.39, 0.29) is 0 Å². The summed E-state index contributed by atoms with van der Waals surface area (Å²) in [7, 11) is 0. The van der Waals surface area contributed by atoms with E-state index >= 15 is 0 Å². The van der Waals surface area contributed by atoms with Gasteiger partial charge in [0, 0.05) is 19.6 Å². The average Bonchev–Trinajstić information content (AvgIpc) is 2.68. The van der Waals surface area contributed by atoms with Crippen molar-refractivity contribution >= 4 is 10.8 Å². The molecule has 0 aliphatic carbocycles. The predicted molar refractivity (Wildman–Crippen MR) is 112 cm³/mol. The minimum atomic E-state index is 0.845. The molecule has 2 nitrogen and oxygen atoms in total. The number of unbranched alkanes of at least 4 members (excludes halogenated alkanes) is 1. The lowest BCUT2D eigenvalue weighted by Crippen LogP contribution is -2.31. The van der Waals surface area contributed by atoms with Gasteiger partial charge in [-0.25, -0.2) is 0 Å². The number of nitrogens with zero attached hydrogens (tertiary/aromatic N) is 1. The summed E-state index contributed by atoms with van der Waals surface area (Å²) < 4.78 is 0. The summed E-state index contributed by atoms with van der Waals surface area (Å²) in [6.45, 7) is 9.17. The third kappa shape index (κ3) is 4.89. The van der Waals surface area contributed by atoms with Crippen molar-refractivity contribution in [1.82, 2.24) is 10.2 Å². The van der Waals surface area contributed by atoms with E-state index in [4.69, 9.17) is 0 Å². The molecule has 3 aromatic carbocycles. The summed E-state index contributed by atoms with van der Waals surface area (Å²) >= 11 is 0. The number of rotatable bonds is 9. The van der Waals surface area contributed by atoms with Crippen molar-refractivity contribution in [1.29, 1.82) is 0 Å². The van der Waals surface area contributed by atoms with Gasteiger partial charge in [-0.2, -0.15) is 0 Å². The molecular formula is C24H28N2. The SMILES string of the molecule is C=C(NCCCC)N(Cc1ccccc1)Cc1ccc2ccccc2c1. The molecule has 0 unspecified atom stereocenters. The van der Waals surface area contributed by atoms with Gasteiger partial charge in [-0.1, -0.05) is 86.7 Å². The van der Waals surface area contributed by atoms with Gasteiger partial charge in [0.2, 0.25) is 0 Å². The molecule has 2 heteroatoms. The Kier molecular flexibility index (Phi) is 6.32. The fourth-order valence-electron chi connectivity index (χ4n) is 3.13. The van der Waals surface area contributed by atoms with Gasteiger partial charge in [-0.3, -0.25) is 0 Å². The first-order valence-electron chi connectivity index (χ1n) is 9.45. The van der Waals surface area contributed by atoms with Crippen molar-refractivity contribution in [3.63, 3.8) is 0 Å². The number of nitrogens with one attached hydrogen (secondary N) is 1. The van der Waals surface area contributed by atoms with E-state index < -0.39 is 0 Å². The molecule has 0 fully saturated rings. The molecular weight excluding hydrogens is 316 g/mol. The van der Waals surface area contributed by atoms with Gasteiger partial charge in [0.1, 0.15) is 0 Å². The van der Waals surface area contributed by atoms with Gasteiger partial charge >= 0.3 is 0 Å². The van der Waals surface area contributed by atoms with Crippen LogP contribution >= 0.6 is 0 Å². The lowest BCUT2D eigenvalue weighted by atomic mass is 10.1. The molecule has 3 rings (SSSR count). The average molecular weight is 345 g/mol. The Morgan fingerprint density at radius 3 is 2.31 bits per heavy atom. The zero-order valence-electron chi connectivity index (χ0n) is 15.6. The molecule has 0 aliphatic heterocycles. The minimum Gasteiger partial charge on any atom is -0.372 e. The van der Waals surface area contributed by atoms with Crippen LogP contribution < -0.4 is 5.32 Å². The quantitative estimate of drug-likeness (QED) is 0.501. The van der Waals surface area contributed by atoms with Gasteiger partial charge in [0.15, 0.2) is 0 Å². The molecule has 26 heavy (non-hydrogen) atoms. The van der Waals surface area contributed by atoms with Crippen molar-refractivity contribution in [3.05, 3.63) is 96.3 Å². The molecule has 0 aromatic heterocycles. The maximum atomic E-state index is 4.30. The van der Waals surface area contributed by atoms with Crippen molar-refractivity contribution in [3.8, 4) is 0 Å². The van der Waals surface area contributed by atoms with Crippen LogP contribution in [0.1, 0.15) is 30.9 Å². The molecule has 3 aromatic rings. The molecule has 0 saturated heterocycles. The Morgan fingerprint density at radius 1 is 0.846 bits per heavy atom. The smallest absolute Gasteiger partial charge is 0.0944 e. The fourth-order valence-corrected chi connectivity index (χ4v) is 3.13. The minimum absolute atomic E-state index is 0.845. The standard InChI is InChI=1S/C24H28N2/c1-3-4-16-25-20(2)26(18-21-10-6-5-7-11-21)19-22-14-15-23-12-8-9-13-24(23)17-22/h5-15,17,25H,2-4,16,18-19H2,1H3. The van der Waals surface area contributed by atoms with Crippen LogP contribution in [-0.2, 0) is 13.1 Å². The number of benzene rings is 3. The van der Waals surface area contributed by atoms with E-state index in [1.54, 1.807) is 0 Å². The van der Waals surface area contributed by atoms with Crippen molar-refractivity contribution in [2.45, 2.75) is 32.9 Å². The Morgan fingerprint density at radius 2 is 1.54 bits per heavy atom. The van der Waals surface area contributed by atoms with Crippen LogP contribution in [0.25, 0.3) is 10.8 Å². The molecule has 0 atom stereocenters. The van der Waals surface area contributed by atoms with Crippen LogP contribution in [0.2, 0.25) is 0 Å². The molecule has 0 bridgehead atoms. The third-order valence-corrected chi connectivity index (χ3v) is 4.64. The second-order valence-corrected chi connectivity index (χ2v) is 6.75. The van der Waals surface area contributed by atoms with Crippen molar-refractivity contribution < 1.29 is 0 Å². The predicted octanol–water partition coefficient (Wildman–Crippen LogP) is 5.70. The fraction of sp³-hybridized carbons (Fsp3) is 0.250. The Balaban J connectivity index is 1.77. The third-order valence-electron chi connectivity index (χ3n) is 4.64. The molecule has 0 radical (unpaired) electrons. The Hall–Kier alpha value is -2.74. The topological polar surface area (TPSA) is 15.3 Å². The summed E-state index contributed by atoms with van der Waals surface area (Å²) in [5, 5.41) is 6.06. The van der Waals surface area contributed by atoms with Gasteiger partial charge < -0.3 is 10.2 Å². The summed E-state index contributed by atoms with van der Waals surface area (Å²) in [6, 6.07) is 25.8. The highest BCUT2D eigenvalue weighted by Gasteiger charge is 2.10. The van der Waals surface area contributed by atoms with Crippen LogP contribution in [0.3, 0.4) is 0 Å². The van der Waals surface area contributed by atoms with Gasteiger partial charge in [0.05, 0.1) is 5.82 Å². The second-order valence-electron chi connectivity index (χ2n) is 6.75.